The highest BCUT2D eigenvalue weighted by molar-refractivity contribution is 5.95. The summed E-state index contributed by atoms with van der Waals surface area (Å²) < 4.78 is 17.0. The van der Waals surface area contributed by atoms with Crippen molar-refractivity contribution < 1.29 is 14.2 Å². The summed E-state index contributed by atoms with van der Waals surface area (Å²) in [6.45, 7) is 0.639. The zero-order valence-corrected chi connectivity index (χ0v) is 17.2. The number of aromatic nitrogens is 1. The first kappa shape index (κ1) is 19.6. The summed E-state index contributed by atoms with van der Waals surface area (Å²) in [5, 5.41) is 3.52. The first-order chi connectivity index (χ1) is 14.6. The van der Waals surface area contributed by atoms with Gasteiger partial charge in [0.15, 0.2) is 11.5 Å². The van der Waals surface area contributed by atoms with Gasteiger partial charge < -0.3 is 25.3 Å². The van der Waals surface area contributed by atoms with Gasteiger partial charge in [-0.1, -0.05) is 30.3 Å². The van der Waals surface area contributed by atoms with Gasteiger partial charge in [-0.05, 0) is 11.6 Å². The van der Waals surface area contributed by atoms with E-state index in [-0.39, 0.29) is 0 Å². The van der Waals surface area contributed by atoms with Crippen LogP contribution in [0.15, 0.2) is 47.5 Å². The summed E-state index contributed by atoms with van der Waals surface area (Å²) in [5.74, 6) is 2.78. The van der Waals surface area contributed by atoms with Crippen molar-refractivity contribution >= 4 is 17.7 Å². The van der Waals surface area contributed by atoms with E-state index in [4.69, 9.17) is 19.9 Å². The Bertz CT molecular complexity index is 1100. The number of nitrogens with two attached hydrogens (primary N) is 1. The highest BCUT2D eigenvalue weighted by Crippen LogP contribution is 2.45. The van der Waals surface area contributed by atoms with E-state index in [2.05, 4.69) is 27.4 Å². The number of benzene rings is 2. The molecule has 0 radical (unpaired) electrons. The van der Waals surface area contributed by atoms with Crippen molar-refractivity contribution in [2.45, 2.75) is 13.0 Å². The van der Waals surface area contributed by atoms with Crippen LogP contribution in [0.4, 0.5) is 11.5 Å². The predicted molar refractivity (Wildman–Crippen MR) is 118 cm³/mol. The zero-order valence-electron chi connectivity index (χ0n) is 17.2. The van der Waals surface area contributed by atoms with E-state index in [9.17, 15) is 0 Å². The van der Waals surface area contributed by atoms with Gasteiger partial charge in [0.2, 0.25) is 5.88 Å². The molecule has 2 aromatic carbocycles. The zero-order chi connectivity index (χ0) is 21.1. The third-order valence-corrected chi connectivity index (χ3v) is 5.04. The highest BCUT2D eigenvalue weighted by atomic mass is 16.5. The van der Waals surface area contributed by atoms with Crippen LogP contribution in [0.25, 0.3) is 0 Å². The van der Waals surface area contributed by atoms with Crippen molar-refractivity contribution in [2.75, 3.05) is 32.3 Å². The molecule has 2 heterocycles. The van der Waals surface area contributed by atoms with E-state index in [1.165, 1.54) is 0 Å². The summed E-state index contributed by atoms with van der Waals surface area (Å²) in [4.78, 5) is 8.66. The average molecular weight is 404 g/mol. The first-order valence-electron chi connectivity index (χ1n) is 9.59. The van der Waals surface area contributed by atoms with Crippen LogP contribution in [0, 0.1) is 0 Å². The molecule has 4 rings (SSSR count). The third-order valence-electron chi connectivity index (χ3n) is 5.04. The predicted octanol–water partition coefficient (Wildman–Crippen LogP) is 4.04. The van der Waals surface area contributed by atoms with Crippen LogP contribution in [-0.2, 0) is 13.0 Å². The number of methoxy groups -OCH3 is 2. The molecule has 0 saturated carbocycles. The Labute approximate surface area is 175 Å². The number of anilines is 2. The molecule has 154 valence electrons. The summed E-state index contributed by atoms with van der Waals surface area (Å²) in [6.07, 6.45) is 2.33. The highest BCUT2D eigenvalue weighted by Gasteiger charge is 2.26. The van der Waals surface area contributed by atoms with Crippen LogP contribution in [0.5, 0.6) is 23.1 Å². The molecule has 0 saturated heterocycles. The minimum Gasteiger partial charge on any atom is -0.493 e. The van der Waals surface area contributed by atoms with Crippen molar-refractivity contribution in [3.05, 3.63) is 64.7 Å². The van der Waals surface area contributed by atoms with E-state index in [1.54, 1.807) is 27.5 Å². The normalized spacial score (nSPS) is 12.1. The Morgan fingerprint density at radius 2 is 1.90 bits per heavy atom. The Morgan fingerprint density at radius 1 is 1.17 bits per heavy atom. The van der Waals surface area contributed by atoms with Crippen LogP contribution in [-0.4, -0.2) is 32.5 Å². The first-order valence-corrected chi connectivity index (χ1v) is 9.59. The molecule has 7 heteroatoms. The van der Waals surface area contributed by atoms with Crippen LogP contribution >= 0.6 is 0 Å². The van der Waals surface area contributed by atoms with Gasteiger partial charge in [0, 0.05) is 43.4 Å². The summed E-state index contributed by atoms with van der Waals surface area (Å²) in [7, 11) is 4.93. The second kappa shape index (κ2) is 8.32. The number of ether oxygens (including phenoxy) is 3. The van der Waals surface area contributed by atoms with Gasteiger partial charge in [-0.25, -0.2) is 0 Å². The summed E-state index contributed by atoms with van der Waals surface area (Å²) in [6, 6.07) is 13.9. The van der Waals surface area contributed by atoms with Crippen LogP contribution < -0.4 is 25.3 Å². The molecule has 7 nitrogen and oxygen atoms in total. The molecular weight excluding hydrogens is 380 g/mol. The molecule has 0 atom stereocenters. The van der Waals surface area contributed by atoms with Gasteiger partial charge >= 0.3 is 0 Å². The number of nitrogen functional groups attached to an aromatic ring is 1. The Morgan fingerprint density at radius 3 is 2.60 bits per heavy atom. The Hall–Kier alpha value is -3.74. The number of nitrogens with one attached hydrogen (secondary N) is 1. The molecule has 0 unspecified atom stereocenters. The fourth-order valence-corrected chi connectivity index (χ4v) is 3.56. The quantitative estimate of drug-likeness (QED) is 0.471. The molecule has 1 aromatic heterocycles. The second-order valence-corrected chi connectivity index (χ2v) is 6.89. The van der Waals surface area contributed by atoms with Crippen molar-refractivity contribution in [2.24, 2.45) is 4.99 Å². The lowest BCUT2D eigenvalue weighted by molar-refractivity contribution is 0.349. The number of hydrogen-bond acceptors (Lipinski definition) is 7. The van der Waals surface area contributed by atoms with E-state index < -0.39 is 0 Å². The van der Waals surface area contributed by atoms with Gasteiger partial charge in [-0.2, -0.15) is 4.98 Å². The number of nitrogens with zero attached hydrogens (tertiary/aromatic N) is 2. The molecule has 0 fully saturated rings. The Kier molecular flexibility index (Phi) is 5.43. The van der Waals surface area contributed by atoms with Gasteiger partial charge in [-0.3, -0.25) is 4.99 Å². The molecule has 1 aliphatic rings. The molecule has 0 spiro atoms. The second-order valence-electron chi connectivity index (χ2n) is 6.89. The standard InChI is InChI=1S/C23H24N4O3/c1-25-13-17-21(26-12-14-7-5-4-6-8-14)16-9-15-10-19(28-2)20(29-3)11-18(15)30-23(16)27-22(17)24/h4-8,10-11,13H,9,12H2,1-3H3,(H3,24,26,27). The van der Waals surface area contributed by atoms with Gasteiger partial charge in [-0.15, -0.1) is 0 Å². The largest absolute Gasteiger partial charge is 0.493 e. The van der Waals surface area contributed by atoms with Crippen molar-refractivity contribution in [3.8, 4) is 23.1 Å². The van der Waals surface area contributed by atoms with E-state index in [0.717, 1.165) is 27.9 Å². The average Bonchev–Trinajstić information content (AvgIpc) is 2.77. The molecule has 3 N–H and O–H groups in total. The van der Waals surface area contributed by atoms with Gasteiger partial charge in [0.05, 0.1) is 25.5 Å². The number of pyridine rings is 1. The lowest BCUT2D eigenvalue weighted by Gasteiger charge is -2.25. The molecule has 3 aromatic rings. The van der Waals surface area contributed by atoms with Crippen molar-refractivity contribution in [1.29, 1.82) is 0 Å². The topological polar surface area (TPSA) is 91.0 Å². The molecule has 0 amide bonds. The SMILES string of the molecule is CN=Cc1c(N)nc2c(c1NCc1ccccc1)Cc1cc(OC)c(OC)cc1O2. The smallest absolute Gasteiger partial charge is 0.226 e. The van der Waals surface area contributed by atoms with Crippen LogP contribution in [0.1, 0.15) is 22.3 Å². The van der Waals surface area contributed by atoms with Gasteiger partial charge in [0.25, 0.3) is 0 Å². The molecule has 0 aliphatic carbocycles. The van der Waals surface area contributed by atoms with Crippen molar-refractivity contribution in [1.82, 2.24) is 4.98 Å². The minimum atomic E-state index is 0.360. The van der Waals surface area contributed by atoms with Crippen molar-refractivity contribution in [3.63, 3.8) is 0 Å². The third kappa shape index (κ3) is 3.61. The number of hydrogen-bond donors (Lipinski definition) is 2. The number of rotatable bonds is 6. The lowest BCUT2D eigenvalue weighted by Crippen LogP contribution is -2.14. The van der Waals surface area contributed by atoms with E-state index in [1.807, 2.05) is 30.3 Å². The minimum absolute atomic E-state index is 0.360. The van der Waals surface area contributed by atoms with Crippen LogP contribution in [0.2, 0.25) is 0 Å². The van der Waals surface area contributed by atoms with Gasteiger partial charge in [0.1, 0.15) is 11.6 Å². The van der Waals surface area contributed by atoms with Crippen LogP contribution in [0.3, 0.4) is 0 Å². The number of aliphatic imine (C=N–C) groups is 1. The fourth-order valence-electron chi connectivity index (χ4n) is 3.56. The summed E-state index contributed by atoms with van der Waals surface area (Å²) >= 11 is 0. The van der Waals surface area contributed by atoms with E-state index >= 15 is 0 Å². The molecule has 1 aliphatic heterocycles. The molecule has 0 bridgehead atoms. The summed E-state index contributed by atoms with van der Waals surface area (Å²) in [5.41, 5.74) is 10.9. The maximum atomic E-state index is 6.26. The Balaban J connectivity index is 1.77. The maximum absolute atomic E-state index is 6.26. The fraction of sp³-hybridized carbons (Fsp3) is 0.217. The maximum Gasteiger partial charge on any atom is 0.226 e. The monoisotopic (exact) mass is 404 g/mol. The lowest BCUT2D eigenvalue weighted by atomic mass is 9.98. The molecule has 30 heavy (non-hydrogen) atoms. The van der Waals surface area contributed by atoms with E-state index in [0.29, 0.717) is 41.9 Å². The molecular formula is C23H24N4O3. The number of fused-ring (bicyclic) bond motifs is 2.